The van der Waals surface area contributed by atoms with E-state index in [0.717, 1.165) is 17.1 Å². The average Bonchev–Trinajstić information content (AvgIpc) is 2.56. The Hall–Kier alpha value is -2.76. The highest BCUT2D eigenvalue weighted by Crippen LogP contribution is 2.32. The number of nitrogens with one attached hydrogen (secondary N) is 1. The summed E-state index contributed by atoms with van der Waals surface area (Å²) >= 11 is 0. The van der Waals surface area contributed by atoms with Crippen LogP contribution in [0, 0.1) is 0 Å². The molecule has 1 aromatic carbocycles. The van der Waals surface area contributed by atoms with E-state index in [9.17, 15) is 4.79 Å². The van der Waals surface area contributed by atoms with Crippen molar-refractivity contribution in [3.8, 4) is 11.5 Å². The number of nitrogens with two attached hydrogens (primary N) is 1. The first kappa shape index (κ1) is 15.1. The van der Waals surface area contributed by atoms with Gasteiger partial charge in [-0.05, 0) is 36.8 Å². The average molecular weight is 313 g/mol. The summed E-state index contributed by atoms with van der Waals surface area (Å²) < 4.78 is 11.1. The third-order valence-corrected chi connectivity index (χ3v) is 3.63. The number of hydrogen-bond acceptors (Lipinski definition) is 5. The molecular weight excluding hydrogens is 294 g/mol. The molecule has 0 radical (unpaired) electrons. The van der Waals surface area contributed by atoms with E-state index in [4.69, 9.17) is 15.2 Å². The minimum Gasteiger partial charge on any atom is -0.486 e. The Labute approximate surface area is 134 Å². The lowest BCUT2D eigenvalue weighted by Gasteiger charge is -2.21. The molecule has 0 saturated heterocycles. The van der Waals surface area contributed by atoms with Crippen LogP contribution in [0.4, 0.5) is 5.69 Å². The van der Waals surface area contributed by atoms with E-state index in [1.54, 1.807) is 18.3 Å². The first-order valence-corrected chi connectivity index (χ1v) is 7.51. The second-order valence-corrected chi connectivity index (χ2v) is 5.45. The molecule has 1 aliphatic rings. The molecule has 1 amide bonds. The highest BCUT2D eigenvalue weighted by atomic mass is 16.6. The number of anilines is 1. The van der Waals surface area contributed by atoms with E-state index in [1.165, 1.54) is 0 Å². The summed E-state index contributed by atoms with van der Waals surface area (Å²) in [4.78, 5) is 16.3. The number of rotatable bonds is 4. The van der Waals surface area contributed by atoms with Gasteiger partial charge in [-0.2, -0.15) is 0 Å². The number of fused-ring (bicyclic) bond motifs is 1. The lowest BCUT2D eigenvalue weighted by atomic mass is 10.1. The molecular formula is C17H19N3O3. The molecule has 6 heteroatoms. The molecule has 2 aromatic rings. The van der Waals surface area contributed by atoms with Gasteiger partial charge in [0.15, 0.2) is 11.5 Å². The van der Waals surface area contributed by atoms with Gasteiger partial charge in [0.25, 0.3) is 0 Å². The predicted molar refractivity (Wildman–Crippen MR) is 86.3 cm³/mol. The third-order valence-electron chi connectivity index (χ3n) is 3.63. The quantitative estimate of drug-likeness (QED) is 0.899. The van der Waals surface area contributed by atoms with E-state index in [1.807, 2.05) is 25.1 Å². The van der Waals surface area contributed by atoms with Gasteiger partial charge in [0, 0.05) is 5.69 Å². The summed E-state index contributed by atoms with van der Waals surface area (Å²) in [5, 5.41) is 2.96. The SMILES string of the molecule is CC(NC(=O)Cc1ccc(N)cn1)c1ccc2c(c1)OCCO2. The number of nitrogens with zero attached hydrogens (tertiary/aromatic N) is 1. The van der Waals surface area contributed by atoms with Crippen molar-refractivity contribution in [3.63, 3.8) is 0 Å². The molecule has 3 rings (SSSR count). The van der Waals surface area contributed by atoms with Crippen molar-refractivity contribution in [2.24, 2.45) is 0 Å². The van der Waals surface area contributed by atoms with Crippen LogP contribution in [0.2, 0.25) is 0 Å². The normalized spacial score (nSPS) is 14.1. The standard InChI is InChI=1S/C17H19N3O3/c1-11(12-2-5-15-16(8-12)23-7-6-22-15)20-17(21)9-14-4-3-13(18)10-19-14/h2-5,8,10-11H,6-7,9,18H2,1H3,(H,20,21). The summed E-state index contributed by atoms with van der Waals surface area (Å²) in [6.45, 7) is 3.03. The van der Waals surface area contributed by atoms with Gasteiger partial charge in [0.05, 0.1) is 24.3 Å². The van der Waals surface area contributed by atoms with Gasteiger partial charge in [0.2, 0.25) is 5.91 Å². The fourth-order valence-corrected chi connectivity index (χ4v) is 2.41. The van der Waals surface area contributed by atoms with E-state index < -0.39 is 0 Å². The van der Waals surface area contributed by atoms with Gasteiger partial charge in [-0.1, -0.05) is 6.07 Å². The van der Waals surface area contributed by atoms with E-state index in [-0.39, 0.29) is 18.4 Å². The van der Waals surface area contributed by atoms with E-state index in [2.05, 4.69) is 10.3 Å². The number of benzene rings is 1. The first-order valence-electron chi connectivity index (χ1n) is 7.51. The van der Waals surface area contributed by atoms with Crippen LogP contribution in [-0.4, -0.2) is 24.1 Å². The van der Waals surface area contributed by atoms with Crippen LogP contribution in [0.3, 0.4) is 0 Å². The molecule has 0 spiro atoms. The Morgan fingerprint density at radius 3 is 2.78 bits per heavy atom. The molecule has 0 fully saturated rings. The molecule has 0 saturated carbocycles. The van der Waals surface area contributed by atoms with Crippen molar-refractivity contribution in [1.82, 2.24) is 10.3 Å². The summed E-state index contributed by atoms with van der Waals surface area (Å²) in [5.41, 5.74) is 7.82. The summed E-state index contributed by atoms with van der Waals surface area (Å²) in [6.07, 6.45) is 1.77. The molecule has 0 bridgehead atoms. The molecule has 1 atom stereocenters. The van der Waals surface area contributed by atoms with Crippen molar-refractivity contribution < 1.29 is 14.3 Å². The summed E-state index contributed by atoms with van der Waals surface area (Å²) in [7, 11) is 0. The van der Waals surface area contributed by atoms with Crippen LogP contribution >= 0.6 is 0 Å². The van der Waals surface area contributed by atoms with Crippen molar-refractivity contribution in [3.05, 3.63) is 47.8 Å². The topological polar surface area (TPSA) is 86.5 Å². The Morgan fingerprint density at radius 2 is 2.04 bits per heavy atom. The molecule has 120 valence electrons. The third kappa shape index (κ3) is 3.71. The monoisotopic (exact) mass is 313 g/mol. The van der Waals surface area contributed by atoms with Gasteiger partial charge in [-0.3, -0.25) is 9.78 Å². The van der Waals surface area contributed by atoms with Crippen LogP contribution in [0.25, 0.3) is 0 Å². The lowest BCUT2D eigenvalue weighted by molar-refractivity contribution is -0.121. The van der Waals surface area contributed by atoms with Crippen molar-refractivity contribution in [2.45, 2.75) is 19.4 Å². The molecule has 1 aromatic heterocycles. The number of ether oxygens (including phenoxy) is 2. The zero-order chi connectivity index (χ0) is 16.2. The van der Waals surface area contributed by atoms with Gasteiger partial charge in [-0.15, -0.1) is 0 Å². The fraction of sp³-hybridized carbons (Fsp3) is 0.294. The smallest absolute Gasteiger partial charge is 0.226 e. The molecule has 23 heavy (non-hydrogen) atoms. The molecule has 6 nitrogen and oxygen atoms in total. The van der Waals surface area contributed by atoms with E-state index in [0.29, 0.717) is 24.6 Å². The molecule has 3 N–H and O–H groups in total. The van der Waals surface area contributed by atoms with Gasteiger partial charge < -0.3 is 20.5 Å². The summed E-state index contributed by atoms with van der Waals surface area (Å²) in [6, 6.07) is 9.06. The Balaban J connectivity index is 1.63. The largest absolute Gasteiger partial charge is 0.486 e. The maximum absolute atomic E-state index is 12.1. The van der Waals surface area contributed by atoms with Crippen LogP contribution in [0.1, 0.15) is 24.2 Å². The second-order valence-electron chi connectivity index (χ2n) is 5.45. The highest BCUT2D eigenvalue weighted by Gasteiger charge is 2.16. The highest BCUT2D eigenvalue weighted by molar-refractivity contribution is 5.78. The number of carbonyl (C=O) groups excluding carboxylic acids is 1. The molecule has 1 aliphatic heterocycles. The molecule has 1 unspecified atom stereocenters. The number of carbonyl (C=O) groups is 1. The Bertz CT molecular complexity index is 701. The maximum atomic E-state index is 12.1. The number of amides is 1. The zero-order valence-electron chi connectivity index (χ0n) is 12.9. The minimum atomic E-state index is -0.132. The van der Waals surface area contributed by atoms with Crippen molar-refractivity contribution in [1.29, 1.82) is 0 Å². The number of aromatic nitrogens is 1. The second kappa shape index (κ2) is 6.56. The van der Waals surface area contributed by atoms with Crippen LogP contribution in [0.5, 0.6) is 11.5 Å². The Kier molecular flexibility index (Phi) is 4.32. The molecule has 0 aliphatic carbocycles. The van der Waals surface area contributed by atoms with Crippen LogP contribution in [-0.2, 0) is 11.2 Å². The van der Waals surface area contributed by atoms with Crippen LogP contribution in [0.15, 0.2) is 36.5 Å². The van der Waals surface area contributed by atoms with E-state index >= 15 is 0 Å². The van der Waals surface area contributed by atoms with Crippen LogP contribution < -0.4 is 20.5 Å². The maximum Gasteiger partial charge on any atom is 0.226 e. The summed E-state index contributed by atoms with van der Waals surface area (Å²) in [5.74, 6) is 1.37. The van der Waals surface area contributed by atoms with Gasteiger partial charge >= 0.3 is 0 Å². The number of nitrogen functional groups attached to an aromatic ring is 1. The zero-order valence-corrected chi connectivity index (χ0v) is 12.9. The number of hydrogen-bond donors (Lipinski definition) is 2. The minimum absolute atomic E-state index is 0.0929. The first-order chi connectivity index (χ1) is 11.1. The fourth-order valence-electron chi connectivity index (χ4n) is 2.41. The Morgan fingerprint density at radius 1 is 1.26 bits per heavy atom. The van der Waals surface area contributed by atoms with Gasteiger partial charge in [0.1, 0.15) is 13.2 Å². The molecule has 2 heterocycles. The number of pyridine rings is 1. The lowest BCUT2D eigenvalue weighted by Crippen LogP contribution is -2.28. The van der Waals surface area contributed by atoms with Crippen molar-refractivity contribution >= 4 is 11.6 Å². The predicted octanol–water partition coefficient (Wildman–Crippen LogP) is 1.85. The van der Waals surface area contributed by atoms with Crippen molar-refractivity contribution in [2.75, 3.05) is 18.9 Å². The van der Waals surface area contributed by atoms with Gasteiger partial charge in [-0.25, -0.2) is 0 Å².